The molecule has 1 saturated heterocycles. The predicted molar refractivity (Wildman–Crippen MR) is 111 cm³/mol. The van der Waals surface area contributed by atoms with Crippen LogP contribution in [0.15, 0.2) is 36.4 Å². The normalized spacial score (nSPS) is 15.4. The van der Waals surface area contributed by atoms with Gasteiger partial charge in [0.15, 0.2) is 5.75 Å². The van der Waals surface area contributed by atoms with Crippen molar-refractivity contribution in [1.82, 2.24) is 4.90 Å². The zero-order chi connectivity index (χ0) is 21.0. The van der Waals surface area contributed by atoms with Crippen LogP contribution in [0.2, 0.25) is 0 Å². The number of likely N-dealkylation sites (N-methyl/N-ethyl adjacent to an activating group) is 1. The number of halogens is 3. The van der Waals surface area contributed by atoms with E-state index in [1.807, 2.05) is 45.2 Å². The van der Waals surface area contributed by atoms with Gasteiger partial charge in [-0.05, 0) is 43.1 Å². The van der Waals surface area contributed by atoms with Gasteiger partial charge in [-0.25, -0.2) is 0 Å². The fraction of sp³-hybridized carbons (Fsp3) is 0.455. The second kappa shape index (κ2) is 8.95. The number of alkyl halides is 3. The lowest BCUT2D eigenvalue weighted by Crippen LogP contribution is -2.44. The van der Waals surface area contributed by atoms with E-state index >= 15 is 0 Å². The van der Waals surface area contributed by atoms with Crippen LogP contribution in [0.25, 0.3) is 0 Å². The average molecular weight is 407 g/mol. The van der Waals surface area contributed by atoms with Gasteiger partial charge in [0, 0.05) is 43.6 Å². The number of piperazine rings is 1. The summed E-state index contributed by atoms with van der Waals surface area (Å²) in [6.07, 6.45) is -3.19. The van der Waals surface area contributed by atoms with Crippen molar-refractivity contribution in [2.24, 2.45) is 0 Å². The summed E-state index contributed by atoms with van der Waals surface area (Å²) >= 11 is 0. The molecular formula is C22H28F3N3O. The molecule has 158 valence electrons. The summed E-state index contributed by atoms with van der Waals surface area (Å²) in [7, 11) is 2.04. The third-order valence-electron chi connectivity index (χ3n) is 5.32. The van der Waals surface area contributed by atoms with Gasteiger partial charge in [0.05, 0.1) is 5.69 Å². The zero-order valence-electron chi connectivity index (χ0n) is 17.1. The fourth-order valence-corrected chi connectivity index (χ4v) is 3.62. The molecule has 0 unspecified atom stereocenters. The van der Waals surface area contributed by atoms with E-state index in [1.165, 1.54) is 6.07 Å². The van der Waals surface area contributed by atoms with Gasteiger partial charge >= 0.3 is 6.36 Å². The molecule has 4 nitrogen and oxygen atoms in total. The molecule has 29 heavy (non-hydrogen) atoms. The molecule has 1 aliphatic rings. The number of ether oxygens (including phenoxy) is 1. The average Bonchev–Trinajstić information content (AvgIpc) is 2.69. The second-order valence-electron chi connectivity index (χ2n) is 7.30. The second-order valence-corrected chi connectivity index (χ2v) is 7.30. The minimum absolute atomic E-state index is 0.207. The number of hydrogen-bond acceptors (Lipinski definition) is 4. The Kier molecular flexibility index (Phi) is 6.57. The van der Waals surface area contributed by atoms with E-state index in [2.05, 4.69) is 19.9 Å². The molecule has 1 aliphatic heterocycles. The molecule has 1 heterocycles. The molecule has 0 saturated carbocycles. The van der Waals surface area contributed by atoms with E-state index in [9.17, 15) is 13.2 Å². The largest absolute Gasteiger partial charge is 0.573 e. The van der Waals surface area contributed by atoms with Crippen molar-refractivity contribution in [2.75, 3.05) is 43.4 Å². The van der Waals surface area contributed by atoms with Gasteiger partial charge in [0.1, 0.15) is 0 Å². The Morgan fingerprint density at radius 3 is 2.14 bits per heavy atom. The van der Waals surface area contributed by atoms with Gasteiger partial charge in [0.25, 0.3) is 0 Å². The van der Waals surface area contributed by atoms with E-state index < -0.39 is 6.36 Å². The summed E-state index contributed by atoms with van der Waals surface area (Å²) < 4.78 is 43.7. The minimum atomic E-state index is -4.75. The van der Waals surface area contributed by atoms with Crippen LogP contribution in [0.5, 0.6) is 5.75 Å². The van der Waals surface area contributed by atoms with Crippen LogP contribution < -0.4 is 15.0 Å². The smallest absolute Gasteiger partial charge is 0.403 e. The van der Waals surface area contributed by atoms with Gasteiger partial charge in [-0.15, -0.1) is 13.2 Å². The van der Waals surface area contributed by atoms with Crippen molar-refractivity contribution in [3.8, 4) is 5.75 Å². The molecule has 1 fully saturated rings. The number of nitrogens with zero attached hydrogens (tertiary/aromatic N) is 2. The van der Waals surface area contributed by atoms with Gasteiger partial charge < -0.3 is 19.9 Å². The molecular weight excluding hydrogens is 379 g/mol. The highest BCUT2D eigenvalue weighted by molar-refractivity contribution is 5.74. The van der Waals surface area contributed by atoms with Crippen LogP contribution in [0.3, 0.4) is 0 Å². The van der Waals surface area contributed by atoms with Gasteiger partial charge in [-0.1, -0.05) is 32.0 Å². The fourth-order valence-electron chi connectivity index (χ4n) is 3.62. The number of rotatable bonds is 6. The SMILES string of the molecule is CCc1cccc(CC)c1Nc1ccc(N2CCN(C)CC2)cc1OC(F)(F)F. The topological polar surface area (TPSA) is 27.7 Å². The molecule has 0 atom stereocenters. The maximum atomic E-state index is 13.1. The minimum Gasteiger partial charge on any atom is -0.403 e. The molecule has 0 amide bonds. The van der Waals surface area contributed by atoms with E-state index in [4.69, 9.17) is 0 Å². The summed E-state index contributed by atoms with van der Waals surface area (Å²) in [4.78, 5) is 4.29. The van der Waals surface area contributed by atoms with E-state index in [-0.39, 0.29) is 5.75 Å². The molecule has 2 aromatic rings. The van der Waals surface area contributed by atoms with Crippen LogP contribution in [-0.2, 0) is 12.8 Å². The number of benzene rings is 2. The highest BCUT2D eigenvalue weighted by Crippen LogP contribution is 2.37. The van der Waals surface area contributed by atoms with Crippen molar-refractivity contribution in [1.29, 1.82) is 0 Å². The van der Waals surface area contributed by atoms with Crippen LogP contribution in [0.1, 0.15) is 25.0 Å². The van der Waals surface area contributed by atoms with Crippen molar-refractivity contribution in [3.63, 3.8) is 0 Å². The van der Waals surface area contributed by atoms with Gasteiger partial charge in [0.2, 0.25) is 0 Å². The highest BCUT2D eigenvalue weighted by atomic mass is 19.4. The first-order valence-corrected chi connectivity index (χ1v) is 10.0. The molecule has 3 rings (SSSR count). The monoisotopic (exact) mass is 407 g/mol. The predicted octanol–water partition coefficient (Wildman–Crippen LogP) is 5.21. The summed E-state index contributed by atoms with van der Waals surface area (Å²) in [5.74, 6) is -0.207. The Morgan fingerprint density at radius 1 is 0.966 bits per heavy atom. The molecule has 0 aliphatic carbocycles. The standard InChI is InChI=1S/C22H28F3N3O/c1-4-16-7-6-8-17(5-2)21(16)26-19-10-9-18(15-20(19)29-22(23,24)25)28-13-11-27(3)12-14-28/h6-10,15,26H,4-5,11-14H2,1-3H3. The molecule has 0 bridgehead atoms. The first-order valence-electron chi connectivity index (χ1n) is 10.0. The van der Waals surface area contributed by atoms with E-state index in [0.717, 1.165) is 61.5 Å². The zero-order valence-corrected chi connectivity index (χ0v) is 17.1. The van der Waals surface area contributed by atoms with Crippen molar-refractivity contribution < 1.29 is 17.9 Å². The Bertz CT molecular complexity index is 808. The summed E-state index contributed by atoms with van der Waals surface area (Å²) in [6, 6.07) is 11.0. The molecule has 0 spiro atoms. The van der Waals surface area contributed by atoms with Crippen molar-refractivity contribution >= 4 is 17.1 Å². The van der Waals surface area contributed by atoms with E-state index in [1.54, 1.807) is 6.07 Å². The Hall–Kier alpha value is -2.41. The molecule has 0 radical (unpaired) electrons. The third kappa shape index (κ3) is 5.35. The maximum absolute atomic E-state index is 13.1. The Balaban J connectivity index is 1.96. The molecule has 2 aromatic carbocycles. The summed E-state index contributed by atoms with van der Waals surface area (Å²) in [5.41, 5.74) is 4.03. The number of aryl methyl sites for hydroxylation is 2. The summed E-state index contributed by atoms with van der Waals surface area (Å²) in [5, 5.41) is 3.22. The quantitative estimate of drug-likeness (QED) is 0.712. The lowest BCUT2D eigenvalue weighted by Gasteiger charge is -2.34. The van der Waals surface area contributed by atoms with Gasteiger partial charge in [-0.3, -0.25) is 0 Å². The number of hydrogen-bond donors (Lipinski definition) is 1. The lowest BCUT2D eigenvalue weighted by molar-refractivity contribution is -0.274. The maximum Gasteiger partial charge on any atom is 0.573 e. The van der Waals surface area contributed by atoms with Crippen LogP contribution in [0, 0.1) is 0 Å². The summed E-state index contributed by atoms with van der Waals surface area (Å²) in [6.45, 7) is 7.35. The molecule has 1 N–H and O–H groups in total. The van der Waals surface area contributed by atoms with Crippen LogP contribution in [-0.4, -0.2) is 44.5 Å². The Morgan fingerprint density at radius 2 is 1.59 bits per heavy atom. The molecule has 7 heteroatoms. The molecule has 0 aromatic heterocycles. The van der Waals surface area contributed by atoms with Crippen molar-refractivity contribution in [3.05, 3.63) is 47.5 Å². The van der Waals surface area contributed by atoms with Crippen LogP contribution >= 0.6 is 0 Å². The number of nitrogens with one attached hydrogen (secondary N) is 1. The van der Waals surface area contributed by atoms with Crippen LogP contribution in [0.4, 0.5) is 30.2 Å². The van der Waals surface area contributed by atoms with Crippen molar-refractivity contribution in [2.45, 2.75) is 33.1 Å². The van der Waals surface area contributed by atoms with E-state index in [0.29, 0.717) is 5.69 Å². The first kappa shape index (κ1) is 21.3. The first-order chi connectivity index (χ1) is 13.8. The highest BCUT2D eigenvalue weighted by Gasteiger charge is 2.33. The number of para-hydroxylation sites is 1. The number of anilines is 3. The van der Waals surface area contributed by atoms with Gasteiger partial charge in [-0.2, -0.15) is 0 Å². The lowest BCUT2D eigenvalue weighted by atomic mass is 10.0. The Labute approximate surface area is 170 Å². The third-order valence-corrected chi connectivity index (χ3v) is 5.32.